The Bertz CT molecular complexity index is 1760. The number of nitrogens with one attached hydrogen (secondary N) is 1. The van der Waals surface area contributed by atoms with E-state index in [9.17, 15) is 5.11 Å². The average molecular weight is 805 g/mol. The van der Waals surface area contributed by atoms with Crippen LogP contribution in [0.5, 0.6) is 11.6 Å². The van der Waals surface area contributed by atoms with Crippen molar-refractivity contribution < 1.29 is 37.5 Å². The summed E-state index contributed by atoms with van der Waals surface area (Å²) in [7, 11) is 0.904. The number of nitrogens with zero attached hydrogens (tertiary/aromatic N) is 2. The van der Waals surface area contributed by atoms with Gasteiger partial charge in [0.25, 0.3) is 5.88 Å². The Morgan fingerprint density at radius 1 is 1.10 bits per heavy atom. The number of halogens is 2. The molecule has 4 aliphatic rings. The van der Waals surface area contributed by atoms with E-state index in [-0.39, 0.29) is 51.8 Å². The molecule has 2 aromatic rings. The molecule has 0 aliphatic heterocycles. The van der Waals surface area contributed by atoms with Crippen molar-refractivity contribution in [3.63, 3.8) is 0 Å². The van der Waals surface area contributed by atoms with Gasteiger partial charge in [-0.1, -0.05) is 47.5 Å². The topological polar surface area (TPSA) is 123 Å². The number of fused-ring (bicyclic) bond motifs is 4. The van der Waals surface area contributed by atoms with Gasteiger partial charge in [-0.3, -0.25) is 14.5 Å². The lowest BCUT2D eigenvalue weighted by Crippen LogP contribution is -2.65. The van der Waals surface area contributed by atoms with Gasteiger partial charge in [-0.25, -0.2) is 4.39 Å². The summed E-state index contributed by atoms with van der Waals surface area (Å²) in [5, 5.41) is 20.1. The standard InChI is InChI=1S/C39H55BrFN3O7Si/c1-10-12-16-48-33-27-23(30(41)24(29(33)40)20-42-22-14-15-22)18-21-19-25-31(44(6)7)34-28(37(43-50-34)49-17-13-11-2)36(47)39(25,35(46)26(21)32(27)45)51-52(8,9)38(3,4)5/h21-22,25,31,42,46H,10-20H2,1-9H3/t21-,25-,31-,39-/m0/s1. The molecule has 1 aromatic carbocycles. The lowest BCUT2D eigenvalue weighted by molar-refractivity contribution is -0.0481. The number of aliphatic hydroxyl groups is 1. The fourth-order valence-electron chi connectivity index (χ4n) is 7.79. The molecular weight excluding hydrogens is 749 g/mol. The van der Waals surface area contributed by atoms with E-state index in [0.29, 0.717) is 41.6 Å². The van der Waals surface area contributed by atoms with E-state index >= 15 is 14.0 Å². The highest BCUT2D eigenvalue weighted by Gasteiger charge is 2.67. The van der Waals surface area contributed by atoms with Crippen molar-refractivity contribution in [2.75, 3.05) is 27.3 Å². The van der Waals surface area contributed by atoms with E-state index in [1.165, 1.54) is 0 Å². The molecule has 1 heterocycles. The maximum absolute atomic E-state index is 16.8. The molecule has 286 valence electrons. The highest BCUT2D eigenvalue weighted by atomic mass is 79.9. The second kappa shape index (κ2) is 14.6. The van der Waals surface area contributed by atoms with Crippen LogP contribution < -0.4 is 14.8 Å². The Hall–Kier alpha value is -2.58. The lowest BCUT2D eigenvalue weighted by atomic mass is 9.58. The first-order valence-electron chi connectivity index (χ1n) is 18.9. The molecular formula is C39H55BrFN3O7Si. The molecule has 52 heavy (non-hydrogen) atoms. The van der Waals surface area contributed by atoms with Crippen LogP contribution in [0.4, 0.5) is 4.39 Å². The SMILES string of the molecule is CCCCOc1noc2c1C(=O)[C@@]1(O[Si](C)(C)C(C)(C)C)C(O)=C3C(=O)c4c(c(F)c(CNC5CC5)c(Br)c4OCCCC)C[C@H]3C[C@H]1[C@@H]2N(C)C. The number of carbonyl (C=O) groups excluding carboxylic acids is 2. The van der Waals surface area contributed by atoms with E-state index in [4.69, 9.17) is 18.4 Å². The van der Waals surface area contributed by atoms with Crippen molar-refractivity contribution in [3.8, 4) is 11.6 Å². The number of hydrogen-bond donors (Lipinski definition) is 2. The summed E-state index contributed by atoms with van der Waals surface area (Å²) in [6.07, 6.45) is 5.75. The van der Waals surface area contributed by atoms with Crippen LogP contribution in [-0.4, -0.2) is 74.0 Å². The van der Waals surface area contributed by atoms with Gasteiger partial charge >= 0.3 is 0 Å². The summed E-state index contributed by atoms with van der Waals surface area (Å²) in [6, 6.07) is -0.229. The van der Waals surface area contributed by atoms with E-state index < -0.39 is 54.9 Å². The first kappa shape index (κ1) is 39.1. The van der Waals surface area contributed by atoms with Gasteiger partial charge in [-0.15, -0.1) is 0 Å². The summed E-state index contributed by atoms with van der Waals surface area (Å²) in [4.78, 5) is 32.3. The van der Waals surface area contributed by atoms with Gasteiger partial charge in [-0.2, -0.15) is 0 Å². The van der Waals surface area contributed by atoms with Gasteiger partial charge in [0.15, 0.2) is 25.5 Å². The summed E-state index contributed by atoms with van der Waals surface area (Å²) in [5.41, 5.74) is -0.931. The van der Waals surface area contributed by atoms with Crippen molar-refractivity contribution >= 4 is 35.8 Å². The van der Waals surface area contributed by atoms with Gasteiger partial charge in [0, 0.05) is 35.2 Å². The molecule has 0 radical (unpaired) electrons. The second-order valence-corrected chi connectivity index (χ2v) is 22.3. The van der Waals surface area contributed by atoms with Gasteiger partial charge in [0.2, 0.25) is 5.78 Å². The molecule has 0 amide bonds. The Labute approximate surface area is 316 Å². The van der Waals surface area contributed by atoms with Crippen LogP contribution >= 0.6 is 15.9 Å². The zero-order valence-corrected chi connectivity index (χ0v) is 34.7. The van der Waals surface area contributed by atoms with Crippen LogP contribution in [0.25, 0.3) is 0 Å². The Balaban J connectivity index is 1.58. The van der Waals surface area contributed by atoms with Gasteiger partial charge < -0.3 is 28.8 Å². The highest BCUT2D eigenvalue weighted by molar-refractivity contribution is 9.10. The predicted molar refractivity (Wildman–Crippen MR) is 202 cm³/mol. The molecule has 2 N–H and O–H groups in total. The fraction of sp³-hybridized carbons (Fsp3) is 0.667. The van der Waals surface area contributed by atoms with Crippen LogP contribution in [0.2, 0.25) is 18.1 Å². The first-order valence-corrected chi connectivity index (χ1v) is 22.6. The molecule has 1 aromatic heterocycles. The minimum absolute atomic E-state index is 0.0575. The number of aliphatic hydroxyl groups excluding tert-OH is 1. The van der Waals surface area contributed by atoms with E-state index in [1.807, 2.05) is 45.9 Å². The third-order valence-corrected chi connectivity index (χ3v) is 17.1. The van der Waals surface area contributed by atoms with Crippen molar-refractivity contribution in [1.82, 2.24) is 15.4 Å². The monoisotopic (exact) mass is 803 g/mol. The molecule has 4 atom stereocenters. The number of aromatic nitrogens is 1. The molecule has 1 saturated carbocycles. The normalized spacial score (nSPS) is 24.5. The number of benzene rings is 1. The number of ketones is 2. The first-order chi connectivity index (χ1) is 24.5. The summed E-state index contributed by atoms with van der Waals surface area (Å²) in [6.45, 7) is 15.3. The van der Waals surface area contributed by atoms with Crippen molar-refractivity contribution in [2.45, 2.75) is 128 Å². The number of rotatable bonds is 14. The summed E-state index contributed by atoms with van der Waals surface area (Å²) >= 11 is 3.63. The lowest BCUT2D eigenvalue weighted by Gasteiger charge is -2.55. The molecule has 10 nitrogen and oxygen atoms in total. The molecule has 0 saturated heterocycles. The van der Waals surface area contributed by atoms with Gasteiger partial charge in [-0.05, 0) is 97.8 Å². The highest BCUT2D eigenvalue weighted by Crippen LogP contribution is 2.60. The molecule has 0 spiro atoms. The minimum atomic E-state index is -2.86. The molecule has 4 aliphatic carbocycles. The number of ether oxygens (including phenoxy) is 2. The quantitative estimate of drug-likeness (QED) is 0.142. The van der Waals surface area contributed by atoms with E-state index in [0.717, 1.165) is 38.5 Å². The number of allylic oxidation sites excluding steroid dienone is 1. The molecule has 1 fully saturated rings. The third-order valence-electron chi connectivity index (χ3n) is 11.8. The van der Waals surface area contributed by atoms with Crippen LogP contribution in [-0.2, 0) is 17.4 Å². The number of Topliss-reactive ketones (excluding diaryl/α,β-unsaturated/α-hetero) is 2. The Morgan fingerprint density at radius 2 is 1.75 bits per heavy atom. The summed E-state index contributed by atoms with van der Waals surface area (Å²) in [5.74, 6) is -2.54. The maximum atomic E-state index is 16.8. The van der Waals surface area contributed by atoms with Crippen LogP contribution in [0.3, 0.4) is 0 Å². The Morgan fingerprint density at radius 3 is 2.35 bits per heavy atom. The van der Waals surface area contributed by atoms with Gasteiger partial charge in [0.05, 0.1) is 29.3 Å². The number of hydrogen-bond acceptors (Lipinski definition) is 10. The molecule has 13 heteroatoms. The number of carbonyl (C=O) groups is 2. The fourth-order valence-corrected chi connectivity index (χ4v) is 9.87. The molecule has 0 unspecified atom stereocenters. The zero-order chi connectivity index (χ0) is 37.9. The molecule has 0 bridgehead atoms. The van der Waals surface area contributed by atoms with Crippen LogP contribution in [0, 0.1) is 17.7 Å². The maximum Gasteiger partial charge on any atom is 0.265 e. The van der Waals surface area contributed by atoms with Crippen LogP contribution in [0.1, 0.15) is 123 Å². The van der Waals surface area contributed by atoms with Crippen molar-refractivity contribution in [3.05, 3.63) is 49.6 Å². The largest absolute Gasteiger partial charge is 0.508 e. The van der Waals surface area contributed by atoms with E-state index in [1.54, 1.807) is 0 Å². The van der Waals surface area contributed by atoms with Crippen LogP contribution in [0.15, 0.2) is 20.3 Å². The average Bonchev–Trinajstić information content (AvgIpc) is 3.81. The zero-order valence-electron chi connectivity index (χ0n) is 32.1. The smallest absolute Gasteiger partial charge is 0.265 e. The number of unbranched alkanes of at least 4 members (excludes halogenated alkanes) is 2. The Kier molecular flexibility index (Phi) is 11.0. The van der Waals surface area contributed by atoms with Crippen molar-refractivity contribution in [1.29, 1.82) is 0 Å². The predicted octanol–water partition coefficient (Wildman–Crippen LogP) is 8.63. The van der Waals surface area contributed by atoms with E-state index in [2.05, 4.69) is 47.2 Å². The minimum Gasteiger partial charge on any atom is -0.508 e. The van der Waals surface area contributed by atoms with Crippen molar-refractivity contribution in [2.24, 2.45) is 11.8 Å². The second-order valence-electron chi connectivity index (χ2n) is 16.7. The third kappa shape index (κ3) is 6.49. The van der Waals surface area contributed by atoms with Gasteiger partial charge in [0.1, 0.15) is 22.9 Å². The summed E-state index contributed by atoms with van der Waals surface area (Å²) < 4.78 is 42.6. The molecule has 6 rings (SSSR count).